The summed E-state index contributed by atoms with van der Waals surface area (Å²) in [6.07, 6.45) is 1.53. The number of ether oxygens (including phenoxy) is 1. The molecule has 1 aromatic rings. The van der Waals surface area contributed by atoms with E-state index in [0.717, 1.165) is 0 Å². The van der Waals surface area contributed by atoms with E-state index in [-0.39, 0.29) is 5.82 Å². The first-order chi connectivity index (χ1) is 10.1. The molecule has 0 aliphatic carbocycles. The summed E-state index contributed by atoms with van der Waals surface area (Å²) in [5, 5.41) is -0.450. The van der Waals surface area contributed by atoms with Crippen molar-refractivity contribution in [3.63, 3.8) is 0 Å². The predicted octanol–water partition coefficient (Wildman–Crippen LogP) is 1.49. The Balaban J connectivity index is 2.27. The van der Waals surface area contributed by atoms with Crippen LogP contribution in [-0.4, -0.2) is 40.0 Å². The van der Waals surface area contributed by atoms with Gasteiger partial charge in [0, 0.05) is 19.8 Å². The van der Waals surface area contributed by atoms with Crippen LogP contribution >= 0.6 is 0 Å². The van der Waals surface area contributed by atoms with Crippen LogP contribution in [0.2, 0.25) is 0 Å². The molecular formula is C14H21FN2O3S. The number of benzene rings is 1. The molecule has 0 radical (unpaired) electrons. The summed E-state index contributed by atoms with van der Waals surface area (Å²) in [4.78, 5) is 0. The maximum absolute atomic E-state index is 13.0. The van der Waals surface area contributed by atoms with E-state index in [1.807, 2.05) is 0 Å². The number of nitrogens with two attached hydrogens (primary N) is 1. The van der Waals surface area contributed by atoms with Gasteiger partial charge in [-0.15, -0.1) is 0 Å². The second kappa shape index (κ2) is 7.20. The van der Waals surface area contributed by atoms with Crippen LogP contribution in [0, 0.1) is 5.82 Å². The quantitative estimate of drug-likeness (QED) is 0.863. The lowest BCUT2D eigenvalue weighted by Gasteiger charge is -2.31. The van der Waals surface area contributed by atoms with Gasteiger partial charge in [-0.05, 0) is 50.1 Å². The van der Waals surface area contributed by atoms with Crippen molar-refractivity contribution in [2.75, 3.05) is 30.6 Å². The van der Waals surface area contributed by atoms with Gasteiger partial charge in [0.25, 0.3) is 0 Å². The number of sulfonamides is 1. The fourth-order valence-electron chi connectivity index (χ4n) is 2.40. The van der Waals surface area contributed by atoms with Crippen molar-refractivity contribution in [1.29, 1.82) is 0 Å². The Morgan fingerprint density at radius 3 is 2.43 bits per heavy atom. The standard InChI is InChI=1S/C14H21FN2O3S/c15-12-2-4-13(5-3-12)17(9-1-8-16)21(18,19)14-6-10-20-11-7-14/h2-5,14H,1,6-11,16H2. The molecule has 0 atom stereocenters. The summed E-state index contributed by atoms with van der Waals surface area (Å²) in [6.45, 7) is 1.62. The average molecular weight is 316 g/mol. The van der Waals surface area contributed by atoms with Gasteiger partial charge in [0.2, 0.25) is 10.0 Å². The van der Waals surface area contributed by atoms with Gasteiger partial charge in [-0.25, -0.2) is 12.8 Å². The number of hydrogen-bond donors (Lipinski definition) is 1. The minimum absolute atomic E-state index is 0.307. The zero-order valence-corrected chi connectivity index (χ0v) is 12.7. The van der Waals surface area contributed by atoms with Gasteiger partial charge in [0.05, 0.1) is 10.9 Å². The minimum Gasteiger partial charge on any atom is -0.381 e. The van der Waals surface area contributed by atoms with Gasteiger partial charge in [0.15, 0.2) is 0 Å². The second-order valence-electron chi connectivity index (χ2n) is 5.05. The maximum Gasteiger partial charge on any atom is 0.238 e. The first-order valence-electron chi connectivity index (χ1n) is 7.10. The molecule has 0 saturated carbocycles. The topological polar surface area (TPSA) is 72.6 Å². The molecule has 118 valence electrons. The van der Waals surface area contributed by atoms with Crippen molar-refractivity contribution >= 4 is 15.7 Å². The lowest BCUT2D eigenvalue weighted by molar-refractivity contribution is 0.0983. The van der Waals surface area contributed by atoms with Gasteiger partial charge in [0.1, 0.15) is 5.82 Å². The number of nitrogens with zero attached hydrogens (tertiary/aromatic N) is 1. The SMILES string of the molecule is NCCCN(c1ccc(F)cc1)S(=O)(=O)C1CCOCC1. The summed E-state index contributed by atoms with van der Waals surface area (Å²) in [6, 6.07) is 5.51. The highest BCUT2D eigenvalue weighted by molar-refractivity contribution is 7.93. The van der Waals surface area contributed by atoms with Crippen molar-refractivity contribution < 1.29 is 17.5 Å². The molecule has 21 heavy (non-hydrogen) atoms. The highest BCUT2D eigenvalue weighted by atomic mass is 32.2. The summed E-state index contributed by atoms with van der Waals surface area (Å²) in [5.41, 5.74) is 5.98. The van der Waals surface area contributed by atoms with Crippen LogP contribution in [0.5, 0.6) is 0 Å². The third-order valence-corrected chi connectivity index (χ3v) is 5.90. The first-order valence-corrected chi connectivity index (χ1v) is 8.61. The highest BCUT2D eigenvalue weighted by Crippen LogP contribution is 2.26. The van der Waals surface area contributed by atoms with E-state index in [2.05, 4.69) is 0 Å². The Labute approximate surface area is 124 Å². The number of anilines is 1. The van der Waals surface area contributed by atoms with Crippen LogP contribution in [-0.2, 0) is 14.8 Å². The molecule has 0 spiro atoms. The molecule has 2 rings (SSSR count). The lowest BCUT2D eigenvalue weighted by Crippen LogP contribution is -2.42. The Bertz CT molecular complexity index is 542. The van der Waals surface area contributed by atoms with Gasteiger partial charge in [-0.2, -0.15) is 0 Å². The monoisotopic (exact) mass is 316 g/mol. The summed E-state index contributed by atoms with van der Waals surface area (Å²) < 4.78 is 45.3. The summed E-state index contributed by atoms with van der Waals surface area (Å²) in [7, 11) is -3.49. The highest BCUT2D eigenvalue weighted by Gasteiger charge is 2.33. The Morgan fingerprint density at radius 2 is 1.86 bits per heavy atom. The fraction of sp³-hybridized carbons (Fsp3) is 0.571. The van der Waals surface area contributed by atoms with E-state index in [1.165, 1.54) is 28.6 Å². The van der Waals surface area contributed by atoms with Crippen LogP contribution in [0.3, 0.4) is 0 Å². The summed E-state index contributed by atoms with van der Waals surface area (Å²) >= 11 is 0. The van der Waals surface area contributed by atoms with E-state index in [4.69, 9.17) is 10.5 Å². The van der Waals surface area contributed by atoms with Crippen molar-refractivity contribution in [3.05, 3.63) is 30.1 Å². The van der Waals surface area contributed by atoms with Gasteiger partial charge in [-0.1, -0.05) is 0 Å². The number of halogens is 1. The lowest BCUT2D eigenvalue weighted by atomic mass is 10.2. The smallest absolute Gasteiger partial charge is 0.238 e. The number of hydrogen-bond acceptors (Lipinski definition) is 4. The van der Waals surface area contributed by atoms with Gasteiger partial charge >= 0.3 is 0 Å². The van der Waals surface area contributed by atoms with E-state index >= 15 is 0 Å². The zero-order chi connectivity index (χ0) is 15.3. The van der Waals surface area contributed by atoms with Crippen molar-refractivity contribution in [3.8, 4) is 0 Å². The van der Waals surface area contributed by atoms with Crippen LogP contribution in [0.4, 0.5) is 10.1 Å². The zero-order valence-electron chi connectivity index (χ0n) is 11.9. The van der Waals surface area contributed by atoms with Crippen molar-refractivity contribution in [2.24, 2.45) is 5.73 Å². The van der Waals surface area contributed by atoms with Crippen LogP contribution in [0.25, 0.3) is 0 Å². The molecule has 0 unspecified atom stereocenters. The maximum atomic E-state index is 13.0. The Kier molecular flexibility index (Phi) is 5.55. The van der Waals surface area contributed by atoms with Gasteiger partial charge < -0.3 is 10.5 Å². The fourth-order valence-corrected chi connectivity index (χ4v) is 4.35. The van der Waals surface area contributed by atoms with Crippen molar-refractivity contribution in [2.45, 2.75) is 24.5 Å². The molecule has 1 heterocycles. The molecule has 2 N–H and O–H groups in total. The average Bonchev–Trinajstić information content (AvgIpc) is 2.50. The Hall–Kier alpha value is -1.18. The molecule has 0 aromatic heterocycles. The predicted molar refractivity (Wildman–Crippen MR) is 80.2 cm³/mol. The first kappa shape index (κ1) is 16.2. The van der Waals surface area contributed by atoms with E-state index < -0.39 is 15.3 Å². The molecular weight excluding hydrogens is 295 g/mol. The molecule has 1 saturated heterocycles. The minimum atomic E-state index is -3.49. The van der Waals surface area contributed by atoms with E-state index in [9.17, 15) is 12.8 Å². The normalized spacial score (nSPS) is 16.9. The summed E-state index contributed by atoms with van der Waals surface area (Å²) in [5.74, 6) is -0.388. The molecule has 1 aliphatic heterocycles. The molecule has 1 fully saturated rings. The Morgan fingerprint density at radius 1 is 1.24 bits per heavy atom. The van der Waals surface area contributed by atoms with Crippen LogP contribution < -0.4 is 10.0 Å². The molecule has 0 amide bonds. The molecule has 1 aliphatic rings. The van der Waals surface area contributed by atoms with E-state index in [1.54, 1.807) is 0 Å². The van der Waals surface area contributed by atoms with Crippen LogP contribution in [0.15, 0.2) is 24.3 Å². The third-order valence-electron chi connectivity index (χ3n) is 3.58. The molecule has 7 heteroatoms. The number of rotatable bonds is 6. The molecule has 0 bridgehead atoms. The van der Waals surface area contributed by atoms with Crippen molar-refractivity contribution in [1.82, 2.24) is 0 Å². The third kappa shape index (κ3) is 3.93. The van der Waals surface area contributed by atoms with Gasteiger partial charge in [-0.3, -0.25) is 4.31 Å². The molecule has 1 aromatic carbocycles. The largest absolute Gasteiger partial charge is 0.381 e. The second-order valence-corrected chi connectivity index (χ2v) is 7.18. The molecule has 5 nitrogen and oxygen atoms in total. The van der Waals surface area contributed by atoms with Crippen LogP contribution in [0.1, 0.15) is 19.3 Å². The van der Waals surface area contributed by atoms with E-state index in [0.29, 0.717) is 51.3 Å².